The van der Waals surface area contributed by atoms with Gasteiger partial charge < -0.3 is 0 Å². The summed E-state index contributed by atoms with van der Waals surface area (Å²) in [5.41, 5.74) is -0.434. The van der Waals surface area contributed by atoms with E-state index in [0.29, 0.717) is 6.04 Å². The van der Waals surface area contributed by atoms with Crippen molar-refractivity contribution in [3.63, 3.8) is 0 Å². The monoisotopic (exact) mass is 294 g/mol. The predicted octanol–water partition coefficient (Wildman–Crippen LogP) is 4.37. The van der Waals surface area contributed by atoms with Gasteiger partial charge in [0.15, 0.2) is 0 Å². The van der Waals surface area contributed by atoms with E-state index in [1.807, 2.05) is 13.0 Å². The van der Waals surface area contributed by atoms with Gasteiger partial charge in [-0.3, -0.25) is 5.32 Å². The van der Waals surface area contributed by atoms with Gasteiger partial charge in [0, 0.05) is 10.9 Å². The van der Waals surface area contributed by atoms with Crippen molar-refractivity contribution >= 4 is 11.8 Å². The first-order valence-corrected chi connectivity index (χ1v) is 8.07. The third kappa shape index (κ3) is 5.52. The second-order valence-electron chi connectivity index (χ2n) is 5.26. The highest BCUT2D eigenvalue weighted by Crippen LogP contribution is 2.23. The van der Waals surface area contributed by atoms with Gasteiger partial charge in [0.1, 0.15) is 11.4 Å². The van der Waals surface area contributed by atoms with Gasteiger partial charge in [0.2, 0.25) is 0 Å². The molecule has 0 bridgehead atoms. The highest BCUT2D eigenvalue weighted by atomic mass is 32.2. The van der Waals surface area contributed by atoms with Crippen molar-refractivity contribution < 1.29 is 4.39 Å². The van der Waals surface area contributed by atoms with Gasteiger partial charge in [0.25, 0.3) is 0 Å². The van der Waals surface area contributed by atoms with E-state index in [1.54, 1.807) is 23.9 Å². The lowest BCUT2D eigenvalue weighted by atomic mass is 9.91. The molecule has 1 aromatic rings. The molecule has 1 aromatic carbocycles. The molecular weight excluding hydrogens is 271 g/mol. The molecule has 0 fully saturated rings. The zero-order valence-corrected chi connectivity index (χ0v) is 13.3. The molecule has 4 heteroatoms. The largest absolute Gasteiger partial charge is 0.297 e. The number of thioether (sulfide) groups is 1. The van der Waals surface area contributed by atoms with Crippen molar-refractivity contribution in [3.8, 4) is 6.07 Å². The third-order valence-corrected chi connectivity index (χ3v) is 4.28. The Labute approximate surface area is 125 Å². The van der Waals surface area contributed by atoms with Crippen molar-refractivity contribution in [1.29, 1.82) is 5.26 Å². The second kappa shape index (κ2) is 8.28. The van der Waals surface area contributed by atoms with Gasteiger partial charge in [-0.05, 0) is 57.1 Å². The average Bonchev–Trinajstić information content (AvgIpc) is 2.42. The molecule has 0 radical (unpaired) electrons. The maximum atomic E-state index is 13.1. The van der Waals surface area contributed by atoms with Crippen molar-refractivity contribution in [2.75, 3.05) is 5.75 Å². The summed E-state index contributed by atoms with van der Waals surface area (Å²) in [4.78, 5) is 0.945. The lowest BCUT2D eigenvalue weighted by molar-refractivity contribution is 0.341. The number of hydrogen-bond acceptors (Lipinski definition) is 3. The summed E-state index contributed by atoms with van der Waals surface area (Å²) in [6.07, 6.45) is 2.55. The molecule has 0 aliphatic heterocycles. The number of hydrogen-bond donors (Lipinski definition) is 1. The van der Waals surface area contributed by atoms with E-state index >= 15 is 0 Å². The lowest BCUT2D eigenvalue weighted by Crippen LogP contribution is -2.47. The van der Waals surface area contributed by atoms with Crippen LogP contribution < -0.4 is 5.32 Å². The van der Waals surface area contributed by atoms with Crippen LogP contribution in [0.3, 0.4) is 0 Å². The van der Waals surface area contributed by atoms with Crippen LogP contribution in [0.1, 0.15) is 40.0 Å². The number of benzene rings is 1. The standard InChI is InChI=1S/C16H23FN2S/c1-4-16(12-18,19-13(2)3)9-6-10-20-15-8-5-7-14(17)11-15/h5,7-8,11,13,19H,4,6,9-10H2,1-3H3. The molecule has 0 amide bonds. The molecule has 1 unspecified atom stereocenters. The summed E-state index contributed by atoms with van der Waals surface area (Å²) in [6.45, 7) is 6.16. The van der Waals surface area contributed by atoms with Crippen molar-refractivity contribution in [2.24, 2.45) is 0 Å². The highest BCUT2D eigenvalue weighted by Gasteiger charge is 2.27. The Morgan fingerprint density at radius 3 is 2.75 bits per heavy atom. The van der Waals surface area contributed by atoms with Crippen LogP contribution >= 0.6 is 11.8 Å². The molecule has 0 spiro atoms. The predicted molar refractivity (Wildman–Crippen MR) is 83.3 cm³/mol. The van der Waals surface area contributed by atoms with Crippen LogP contribution in [0.4, 0.5) is 4.39 Å². The highest BCUT2D eigenvalue weighted by molar-refractivity contribution is 7.99. The smallest absolute Gasteiger partial charge is 0.124 e. The van der Waals surface area contributed by atoms with E-state index in [1.165, 1.54) is 6.07 Å². The second-order valence-corrected chi connectivity index (χ2v) is 6.42. The molecule has 0 aliphatic carbocycles. The Morgan fingerprint density at radius 1 is 1.45 bits per heavy atom. The Kier molecular flexibility index (Phi) is 7.04. The van der Waals surface area contributed by atoms with Gasteiger partial charge in [-0.1, -0.05) is 13.0 Å². The number of nitriles is 1. The lowest BCUT2D eigenvalue weighted by Gasteiger charge is -2.29. The molecule has 110 valence electrons. The average molecular weight is 294 g/mol. The van der Waals surface area contributed by atoms with Crippen LogP contribution in [-0.2, 0) is 0 Å². The van der Waals surface area contributed by atoms with Crippen LogP contribution in [0.15, 0.2) is 29.2 Å². The summed E-state index contributed by atoms with van der Waals surface area (Å²) in [5, 5.41) is 12.8. The first kappa shape index (κ1) is 17.0. The van der Waals surface area contributed by atoms with Gasteiger partial charge in [-0.25, -0.2) is 4.39 Å². The minimum atomic E-state index is -0.434. The first-order valence-electron chi connectivity index (χ1n) is 7.08. The Morgan fingerprint density at radius 2 is 2.20 bits per heavy atom. The fourth-order valence-corrected chi connectivity index (χ4v) is 3.09. The molecule has 2 nitrogen and oxygen atoms in total. The fourth-order valence-electron chi connectivity index (χ4n) is 2.19. The van der Waals surface area contributed by atoms with E-state index in [2.05, 4.69) is 25.2 Å². The molecule has 1 atom stereocenters. The summed E-state index contributed by atoms with van der Waals surface area (Å²) in [6, 6.07) is 9.36. The third-order valence-electron chi connectivity index (χ3n) is 3.20. The molecular formula is C16H23FN2S. The minimum Gasteiger partial charge on any atom is -0.297 e. The van der Waals surface area contributed by atoms with Crippen LogP contribution in [0, 0.1) is 17.1 Å². The maximum Gasteiger partial charge on any atom is 0.124 e. The van der Waals surface area contributed by atoms with Crippen LogP contribution in [-0.4, -0.2) is 17.3 Å². The fraction of sp³-hybridized carbons (Fsp3) is 0.562. The molecule has 0 aliphatic rings. The summed E-state index contributed by atoms with van der Waals surface area (Å²) >= 11 is 1.64. The van der Waals surface area contributed by atoms with E-state index in [-0.39, 0.29) is 5.82 Å². The molecule has 0 saturated heterocycles. The first-order chi connectivity index (χ1) is 9.51. The number of halogens is 1. The summed E-state index contributed by atoms with van der Waals surface area (Å²) < 4.78 is 13.1. The van der Waals surface area contributed by atoms with Gasteiger partial charge >= 0.3 is 0 Å². The molecule has 0 heterocycles. The van der Waals surface area contributed by atoms with E-state index < -0.39 is 5.54 Å². The van der Waals surface area contributed by atoms with E-state index in [0.717, 1.165) is 29.9 Å². The molecule has 20 heavy (non-hydrogen) atoms. The number of rotatable bonds is 8. The summed E-state index contributed by atoms with van der Waals surface area (Å²) in [5.74, 6) is 0.698. The topological polar surface area (TPSA) is 35.8 Å². The Bertz CT molecular complexity index is 456. The zero-order valence-electron chi connectivity index (χ0n) is 12.4. The molecule has 0 aromatic heterocycles. The van der Waals surface area contributed by atoms with Gasteiger partial charge in [-0.15, -0.1) is 11.8 Å². The van der Waals surface area contributed by atoms with Gasteiger partial charge in [-0.2, -0.15) is 5.26 Å². The van der Waals surface area contributed by atoms with Crippen LogP contribution in [0.5, 0.6) is 0 Å². The Balaban J connectivity index is 2.43. The SMILES string of the molecule is CCC(C#N)(CCCSc1cccc(F)c1)NC(C)C. The van der Waals surface area contributed by atoms with Crippen molar-refractivity contribution in [3.05, 3.63) is 30.1 Å². The number of nitrogens with one attached hydrogen (secondary N) is 1. The molecule has 1 N–H and O–H groups in total. The molecule has 0 saturated carbocycles. The Hall–Kier alpha value is -1.05. The van der Waals surface area contributed by atoms with E-state index in [9.17, 15) is 9.65 Å². The zero-order chi connectivity index (χ0) is 15.0. The quantitative estimate of drug-likeness (QED) is 0.571. The van der Waals surface area contributed by atoms with Crippen molar-refractivity contribution in [2.45, 2.75) is 56.5 Å². The molecule has 1 rings (SSSR count). The van der Waals surface area contributed by atoms with Crippen LogP contribution in [0.2, 0.25) is 0 Å². The normalized spacial score (nSPS) is 14.0. The van der Waals surface area contributed by atoms with Crippen LogP contribution in [0.25, 0.3) is 0 Å². The maximum absolute atomic E-state index is 13.1. The van der Waals surface area contributed by atoms with Gasteiger partial charge in [0.05, 0.1) is 6.07 Å². The minimum absolute atomic E-state index is 0.198. The summed E-state index contributed by atoms with van der Waals surface area (Å²) in [7, 11) is 0. The van der Waals surface area contributed by atoms with E-state index in [4.69, 9.17) is 0 Å². The van der Waals surface area contributed by atoms with Crippen molar-refractivity contribution in [1.82, 2.24) is 5.32 Å². The number of nitrogens with zero attached hydrogens (tertiary/aromatic N) is 1.